The summed E-state index contributed by atoms with van der Waals surface area (Å²) in [5.74, 6) is 0.645. The summed E-state index contributed by atoms with van der Waals surface area (Å²) in [6.45, 7) is 11.7. The highest BCUT2D eigenvalue weighted by Crippen LogP contribution is 2.30. The highest BCUT2D eigenvalue weighted by molar-refractivity contribution is 9.09. The van der Waals surface area contributed by atoms with Crippen molar-refractivity contribution in [3.05, 3.63) is 0 Å². The zero-order valence-corrected chi connectivity index (χ0v) is 12.0. The van der Waals surface area contributed by atoms with Gasteiger partial charge in [-0.1, -0.05) is 36.7 Å². The van der Waals surface area contributed by atoms with Crippen molar-refractivity contribution in [1.29, 1.82) is 0 Å². The van der Waals surface area contributed by atoms with Gasteiger partial charge in [0.2, 0.25) is 0 Å². The van der Waals surface area contributed by atoms with Crippen LogP contribution in [0.15, 0.2) is 0 Å². The lowest BCUT2D eigenvalue weighted by Crippen LogP contribution is -2.37. The van der Waals surface area contributed by atoms with Gasteiger partial charge in [0.15, 0.2) is 0 Å². The zero-order valence-electron chi connectivity index (χ0n) is 10.4. The van der Waals surface area contributed by atoms with Gasteiger partial charge in [-0.3, -0.25) is 0 Å². The van der Waals surface area contributed by atoms with Crippen molar-refractivity contribution in [2.45, 2.75) is 39.7 Å². The van der Waals surface area contributed by atoms with E-state index in [4.69, 9.17) is 0 Å². The van der Waals surface area contributed by atoms with Crippen molar-refractivity contribution in [1.82, 2.24) is 4.90 Å². The van der Waals surface area contributed by atoms with Gasteiger partial charge >= 0.3 is 0 Å². The number of β-amino-alcohol motifs (C(OH)–C–C–N with tert-alkyl or cyclic N) is 1. The first-order valence-electron chi connectivity index (χ1n) is 5.75. The Morgan fingerprint density at radius 2 is 2.07 bits per heavy atom. The molecule has 0 amide bonds. The Morgan fingerprint density at radius 3 is 2.40 bits per heavy atom. The molecule has 2 unspecified atom stereocenters. The molecular weight excluding hydrogens is 254 g/mol. The van der Waals surface area contributed by atoms with Crippen LogP contribution in [0, 0.1) is 11.3 Å². The number of hydrogen-bond donors (Lipinski definition) is 1. The maximum atomic E-state index is 9.90. The topological polar surface area (TPSA) is 23.5 Å². The predicted octanol–water partition coefficient (Wildman–Crippen LogP) is 2.50. The van der Waals surface area contributed by atoms with Crippen molar-refractivity contribution in [2.24, 2.45) is 11.3 Å². The van der Waals surface area contributed by atoms with Crippen LogP contribution >= 0.6 is 15.9 Å². The summed E-state index contributed by atoms with van der Waals surface area (Å²) in [5, 5.41) is 10.9. The van der Waals surface area contributed by atoms with Crippen LogP contribution in [0.3, 0.4) is 0 Å². The van der Waals surface area contributed by atoms with Crippen LogP contribution in [0.2, 0.25) is 0 Å². The van der Waals surface area contributed by atoms with E-state index in [1.54, 1.807) is 0 Å². The molecule has 0 saturated carbocycles. The average Bonchev–Trinajstić information content (AvgIpc) is 2.39. The Balaban J connectivity index is 2.48. The molecule has 2 atom stereocenters. The van der Waals surface area contributed by atoms with Crippen molar-refractivity contribution in [2.75, 3.05) is 25.0 Å². The van der Waals surface area contributed by atoms with Crippen molar-refractivity contribution < 1.29 is 5.11 Å². The lowest BCUT2D eigenvalue weighted by Gasteiger charge is -2.33. The first-order chi connectivity index (χ1) is 6.74. The van der Waals surface area contributed by atoms with Gasteiger partial charge in [0.25, 0.3) is 0 Å². The molecule has 1 aliphatic rings. The van der Waals surface area contributed by atoms with Crippen LogP contribution in [0.1, 0.15) is 34.1 Å². The molecule has 0 bridgehead atoms. The summed E-state index contributed by atoms with van der Waals surface area (Å²) in [7, 11) is 0. The fraction of sp³-hybridized carbons (Fsp3) is 1.00. The standard InChI is InChI=1S/C12H24BrNO/c1-11(2,3)10(7-13)8-14-6-5-12(4,15)9-14/h10,15H,5-9H2,1-4H3. The van der Waals surface area contributed by atoms with E-state index in [0.29, 0.717) is 11.3 Å². The molecule has 0 aromatic rings. The first-order valence-corrected chi connectivity index (χ1v) is 6.87. The van der Waals surface area contributed by atoms with Crippen LogP contribution in [0.5, 0.6) is 0 Å². The van der Waals surface area contributed by atoms with E-state index in [1.807, 2.05) is 6.92 Å². The molecule has 1 fully saturated rings. The molecule has 1 heterocycles. The Kier molecular flexibility index (Phi) is 4.24. The summed E-state index contributed by atoms with van der Waals surface area (Å²) >= 11 is 3.60. The lowest BCUT2D eigenvalue weighted by atomic mass is 9.82. The van der Waals surface area contributed by atoms with E-state index >= 15 is 0 Å². The van der Waals surface area contributed by atoms with E-state index in [1.165, 1.54) is 0 Å². The summed E-state index contributed by atoms with van der Waals surface area (Å²) in [6.07, 6.45) is 0.909. The monoisotopic (exact) mass is 277 g/mol. The average molecular weight is 278 g/mol. The highest BCUT2D eigenvalue weighted by atomic mass is 79.9. The van der Waals surface area contributed by atoms with Gasteiger partial charge in [0.05, 0.1) is 5.60 Å². The van der Waals surface area contributed by atoms with E-state index in [2.05, 4.69) is 41.6 Å². The number of likely N-dealkylation sites (tertiary alicyclic amines) is 1. The molecule has 1 N–H and O–H groups in total. The maximum Gasteiger partial charge on any atom is 0.0758 e. The molecule has 0 aromatic carbocycles. The van der Waals surface area contributed by atoms with Gasteiger partial charge in [-0.25, -0.2) is 0 Å². The van der Waals surface area contributed by atoms with Gasteiger partial charge in [-0.2, -0.15) is 0 Å². The zero-order chi connectivity index (χ0) is 11.7. The third-order valence-electron chi connectivity index (χ3n) is 3.42. The van der Waals surface area contributed by atoms with E-state index in [-0.39, 0.29) is 0 Å². The number of hydrogen-bond acceptors (Lipinski definition) is 2. The molecule has 0 spiro atoms. The Bertz CT molecular complexity index is 210. The normalized spacial score (nSPS) is 30.8. The molecule has 1 saturated heterocycles. The van der Waals surface area contributed by atoms with Crippen molar-refractivity contribution >= 4 is 15.9 Å². The first kappa shape index (κ1) is 13.5. The fourth-order valence-electron chi connectivity index (χ4n) is 2.06. The third-order valence-corrected chi connectivity index (χ3v) is 4.20. The Hall–Kier alpha value is 0.400. The molecular formula is C12H24BrNO. The number of aliphatic hydroxyl groups is 1. The summed E-state index contributed by atoms with van der Waals surface area (Å²) < 4.78 is 0. The minimum absolute atomic E-state index is 0.331. The van der Waals surface area contributed by atoms with Crippen LogP contribution in [0.25, 0.3) is 0 Å². The van der Waals surface area contributed by atoms with Crippen LogP contribution < -0.4 is 0 Å². The Morgan fingerprint density at radius 1 is 1.47 bits per heavy atom. The second-order valence-electron chi connectivity index (χ2n) is 6.20. The van der Waals surface area contributed by atoms with Gasteiger partial charge in [-0.15, -0.1) is 0 Å². The molecule has 0 aliphatic carbocycles. The third kappa shape index (κ3) is 4.04. The number of nitrogens with zero attached hydrogens (tertiary/aromatic N) is 1. The largest absolute Gasteiger partial charge is 0.389 e. The molecule has 90 valence electrons. The van der Waals surface area contributed by atoms with E-state index in [0.717, 1.165) is 31.4 Å². The second kappa shape index (κ2) is 4.72. The maximum absolute atomic E-state index is 9.90. The van der Waals surface area contributed by atoms with E-state index < -0.39 is 5.60 Å². The summed E-state index contributed by atoms with van der Waals surface area (Å²) in [6, 6.07) is 0. The molecule has 0 aromatic heterocycles. The Labute approximate surface area is 102 Å². The molecule has 0 radical (unpaired) electrons. The fourth-order valence-corrected chi connectivity index (χ4v) is 3.24. The number of halogens is 1. The quantitative estimate of drug-likeness (QED) is 0.802. The van der Waals surface area contributed by atoms with Crippen LogP contribution in [0.4, 0.5) is 0 Å². The SMILES string of the molecule is CC1(O)CCN(CC(CBr)C(C)(C)C)C1. The molecule has 1 aliphatic heterocycles. The van der Waals surface area contributed by atoms with Gasteiger partial charge in [-0.05, 0) is 24.7 Å². The molecule has 2 nitrogen and oxygen atoms in total. The molecule has 1 rings (SSSR count). The smallest absolute Gasteiger partial charge is 0.0758 e. The van der Waals surface area contributed by atoms with Gasteiger partial charge in [0, 0.05) is 25.0 Å². The number of alkyl halides is 1. The van der Waals surface area contributed by atoms with Gasteiger partial charge < -0.3 is 10.0 Å². The minimum Gasteiger partial charge on any atom is -0.389 e. The van der Waals surface area contributed by atoms with Crippen molar-refractivity contribution in [3.63, 3.8) is 0 Å². The molecule has 3 heteroatoms. The predicted molar refractivity (Wildman–Crippen MR) is 68.4 cm³/mol. The number of rotatable bonds is 3. The lowest BCUT2D eigenvalue weighted by molar-refractivity contribution is 0.0635. The molecule has 15 heavy (non-hydrogen) atoms. The van der Waals surface area contributed by atoms with Crippen LogP contribution in [-0.4, -0.2) is 40.6 Å². The van der Waals surface area contributed by atoms with Crippen molar-refractivity contribution in [3.8, 4) is 0 Å². The van der Waals surface area contributed by atoms with Crippen LogP contribution in [-0.2, 0) is 0 Å². The van der Waals surface area contributed by atoms with Gasteiger partial charge in [0.1, 0.15) is 0 Å². The van der Waals surface area contributed by atoms with E-state index in [9.17, 15) is 5.11 Å². The summed E-state index contributed by atoms with van der Waals surface area (Å²) in [4.78, 5) is 2.39. The summed E-state index contributed by atoms with van der Waals surface area (Å²) in [5.41, 5.74) is -0.132. The highest BCUT2D eigenvalue weighted by Gasteiger charge is 2.34. The minimum atomic E-state index is -0.464. The second-order valence-corrected chi connectivity index (χ2v) is 6.85.